The van der Waals surface area contributed by atoms with Gasteiger partial charge in [-0.3, -0.25) is 4.79 Å². The molecule has 3 aromatic rings. The SMILES string of the molecule is COC[C@H]1[C@H](CO)CNCc2c(O)c3c(c4c2[C@H](C#CC2=C(C=CC(N)N2)C[C@@H]2CC[C@@]5(Cc6cc(O)cc(OC)c6-c6ccc7c(c65)O[C@H]4[C@H]7COC(C)=O)C2)C#C[C@@H]1CCCO)C=C[C@@H]1N[C@@H]2CCC[C@H](CSSC[C@H]1O3)C2. The van der Waals surface area contributed by atoms with Gasteiger partial charge in [-0.1, -0.05) is 76.1 Å². The molecule has 9 N–H and O–H groups in total. The highest BCUT2D eigenvalue weighted by atomic mass is 33.1. The number of aliphatic hydroxyl groups excluding tert-OH is 2. The minimum atomic E-state index is -0.866. The van der Waals surface area contributed by atoms with E-state index < -0.39 is 35.5 Å². The molecule has 2 saturated carbocycles. The van der Waals surface area contributed by atoms with Gasteiger partial charge in [0, 0.05) is 121 Å². The number of carbonyl (C=O) groups is 1. The zero-order chi connectivity index (χ0) is 55.2. The highest BCUT2D eigenvalue weighted by molar-refractivity contribution is 8.76. The number of hydrogen-bond donors (Lipinski definition) is 8. The number of nitrogens with one attached hydrogen (secondary N) is 3. The minimum Gasteiger partial charge on any atom is -0.508 e. The molecule has 0 amide bonds. The summed E-state index contributed by atoms with van der Waals surface area (Å²) in [5.41, 5.74) is 15.6. The minimum absolute atomic E-state index is 0.00151. The number of benzene rings is 3. The second-order valence-corrected chi connectivity index (χ2v) is 26.3. The standard InChI is InChI=1S/C64H76N4O10S2/c1-35(71)76-32-50-45-13-14-46-56-41(24-44(72)25-53(56)75-3)27-64-20-19-36(26-64)22-40-12-18-55(65)68-51(40)16-11-39-10-9-38(7-5-21-69)49(31-74-2)42(30-70)28-66-29-48-57(39)58(61(50)78-62(45)59(46)64)47-15-17-52-54(77-63(47)60(48)73)34-80-79-33-37-6-4-8-43(23-37)67-52/h12-15,17-18,24-25,36-39,42-43,49-50,52,54-55,61,66-70,72-73H,4-8,19-23,26-34,65H2,1-3H3/t36-,37-,38-,39-,42-,43+,49+,50-,52-,54+,55?,61-,64-/m0/s1. The molecule has 80 heavy (non-hydrogen) atoms. The third kappa shape index (κ3) is 10.5. The van der Waals surface area contributed by atoms with Gasteiger partial charge in [-0.05, 0) is 116 Å². The van der Waals surface area contributed by atoms with Crippen LogP contribution in [-0.4, -0.2) is 109 Å². The van der Waals surface area contributed by atoms with E-state index in [-0.39, 0.29) is 73.7 Å². The summed E-state index contributed by atoms with van der Waals surface area (Å²) in [6.45, 7) is 2.14. The second-order valence-electron chi connectivity index (χ2n) is 23.8. The number of rotatable bonds is 9. The number of aromatic hydroxyl groups is 2. The van der Waals surface area contributed by atoms with Crippen molar-refractivity contribution in [1.29, 1.82) is 0 Å². The summed E-state index contributed by atoms with van der Waals surface area (Å²) in [7, 11) is 7.04. The highest BCUT2D eigenvalue weighted by Crippen LogP contribution is 2.64. The first-order valence-corrected chi connectivity index (χ1v) is 31.5. The summed E-state index contributed by atoms with van der Waals surface area (Å²) in [6, 6.07) is 8.00. The van der Waals surface area contributed by atoms with E-state index in [1.807, 2.05) is 33.7 Å². The molecular formula is C64H76N4O10S2. The van der Waals surface area contributed by atoms with Gasteiger partial charge in [-0.15, -0.1) is 0 Å². The number of allylic oxidation sites excluding steroid dienone is 3. The Kier molecular flexibility index (Phi) is 16.3. The molecule has 424 valence electrons. The van der Waals surface area contributed by atoms with Crippen LogP contribution >= 0.6 is 21.6 Å². The molecule has 6 aliphatic heterocycles. The Bertz CT molecular complexity index is 3120. The van der Waals surface area contributed by atoms with Crippen LogP contribution in [0.2, 0.25) is 0 Å². The zero-order valence-corrected chi connectivity index (χ0v) is 47.7. The lowest BCUT2D eigenvalue weighted by Gasteiger charge is -2.39. The molecule has 3 fully saturated rings. The van der Waals surface area contributed by atoms with Crippen molar-refractivity contribution in [1.82, 2.24) is 16.0 Å². The lowest BCUT2D eigenvalue weighted by molar-refractivity contribution is -0.141. The van der Waals surface area contributed by atoms with Crippen LogP contribution in [-0.2, 0) is 32.6 Å². The molecule has 1 spiro atoms. The average molecular weight is 1130 g/mol. The summed E-state index contributed by atoms with van der Waals surface area (Å²) in [6.07, 6.45) is 16.4. The number of hydrogen-bond acceptors (Lipinski definition) is 16. The maximum Gasteiger partial charge on any atom is 0.302 e. The Hall–Kier alpha value is -5.27. The van der Waals surface area contributed by atoms with Gasteiger partial charge in [0.1, 0.15) is 42.0 Å². The molecule has 6 bridgehead atoms. The van der Waals surface area contributed by atoms with Crippen molar-refractivity contribution in [3.63, 3.8) is 0 Å². The fourth-order valence-corrected chi connectivity index (χ4v) is 17.8. The number of dihydropyridines is 1. The lowest BCUT2D eigenvalue weighted by atomic mass is 9.65. The van der Waals surface area contributed by atoms with Crippen molar-refractivity contribution in [2.45, 2.75) is 132 Å². The van der Waals surface area contributed by atoms with Crippen LogP contribution in [0.4, 0.5) is 0 Å². The van der Waals surface area contributed by atoms with Gasteiger partial charge in [0.15, 0.2) is 11.5 Å². The van der Waals surface area contributed by atoms with Crippen molar-refractivity contribution >= 4 is 33.6 Å². The van der Waals surface area contributed by atoms with Gasteiger partial charge in [0.2, 0.25) is 0 Å². The number of aliphatic hydroxyl groups is 2. The Labute approximate surface area is 478 Å². The predicted molar refractivity (Wildman–Crippen MR) is 312 cm³/mol. The lowest BCUT2D eigenvalue weighted by Crippen LogP contribution is -2.49. The quantitative estimate of drug-likeness (QED) is 0.0576. The first-order valence-electron chi connectivity index (χ1n) is 29.0. The third-order valence-corrected chi connectivity index (χ3v) is 21.3. The molecule has 0 aromatic heterocycles. The largest absolute Gasteiger partial charge is 0.508 e. The van der Waals surface area contributed by atoms with Crippen LogP contribution in [0.1, 0.15) is 128 Å². The van der Waals surface area contributed by atoms with Crippen molar-refractivity contribution in [3.05, 3.63) is 92.7 Å². The Balaban J connectivity index is 1.16. The van der Waals surface area contributed by atoms with E-state index in [1.165, 1.54) is 19.8 Å². The van der Waals surface area contributed by atoms with Gasteiger partial charge >= 0.3 is 5.97 Å². The van der Waals surface area contributed by atoms with Crippen LogP contribution in [0.3, 0.4) is 0 Å². The summed E-state index contributed by atoms with van der Waals surface area (Å²) < 4.78 is 33.4. The number of ether oxygens (including phenoxy) is 5. The molecule has 1 unspecified atom stereocenters. The molecule has 16 heteroatoms. The molecule has 14 nitrogen and oxygen atoms in total. The number of fused-ring (bicyclic) bond motifs is 10. The van der Waals surface area contributed by atoms with Crippen molar-refractivity contribution < 1.29 is 48.9 Å². The van der Waals surface area contributed by atoms with Gasteiger partial charge in [-0.2, -0.15) is 0 Å². The molecule has 1 saturated heterocycles. The molecule has 12 rings (SSSR count). The van der Waals surface area contributed by atoms with Crippen LogP contribution in [0.5, 0.6) is 28.7 Å². The molecule has 9 aliphatic rings. The van der Waals surface area contributed by atoms with Crippen LogP contribution in [0, 0.1) is 53.3 Å². The number of esters is 1. The maximum absolute atomic E-state index is 13.4. The zero-order valence-electron chi connectivity index (χ0n) is 46.1. The second kappa shape index (κ2) is 23.5. The third-order valence-electron chi connectivity index (χ3n) is 18.8. The molecular weight excluding hydrogens is 1050 g/mol. The van der Waals surface area contributed by atoms with Crippen molar-refractivity contribution in [3.8, 4) is 63.6 Å². The Morgan fingerprint density at radius 3 is 2.67 bits per heavy atom. The number of phenols is 2. The van der Waals surface area contributed by atoms with E-state index in [9.17, 15) is 25.2 Å². The average Bonchev–Trinajstić information content (AvgIpc) is 4.04. The highest BCUT2D eigenvalue weighted by Gasteiger charge is 2.52. The van der Waals surface area contributed by atoms with Crippen LogP contribution in [0.15, 0.2) is 53.8 Å². The van der Waals surface area contributed by atoms with E-state index >= 15 is 0 Å². The monoisotopic (exact) mass is 1120 g/mol. The number of nitrogens with two attached hydrogens (primary N) is 1. The topological polar surface area (TPSA) is 206 Å². The smallest absolute Gasteiger partial charge is 0.302 e. The van der Waals surface area contributed by atoms with E-state index in [4.69, 9.17) is 29.4 Å². The number of methoxy groups -OCH3 is 2. The first-order chi connectivity index (χ1) is 39.0. The summed E-state index contributed by atoms with van der Waals surface area (Å²) in [4.78, 5) is 13.2. The van der Waals surface area contributed by atoms with Crippen molar-refractivity contribution in [2.24, 2.45) is 35.3 Å². The van der Waals surface area contributed by atoms with Crippen LogP contribution in [0.25, 0.3) is 17.2 Å². The van der Waals surface area contributed by atoms with Gasteiger partial charge in [0.25, 0.3) is 0 Å². The van der Waals surface area contributed by atoms with E-state index in [2.05, 4.69) is 70.0 Å². The maximum atomic E-state index is 13.4. The fourth-order valence-electron chi connectivity index (χ4n) is 15.1. The van der Waals surface area contributed by atoms with Gasteiger partial charge < -0.3 is 65.8 Å². The molecule has 13 atom stereocenters. The predicted octanol–water partition coefficient (Wildman–Crippen LogP) is 8.39. The van der Waals surface area contributed by atoms with Crippen LogP contribution < -0.4 is 35.9 Å². The molecule has 3 aromatic carbocycles. The summed E-state index contributed by atoms with van der Waals surface area (Å²) in [5, 5.41) is 57.3. The van der Waals surface area contributed by atoms with E-state index in [0.29, 0.717) is 78.3 Å². The van der Waals surface area contributed by atoms with Gasteiger partial charge in [-0.25, -0.2) is 0 Å². The normalized spacial score (nSPS) is 31.7. The summed E-state index contributed by atoms with van der Waals surface area (Å²) >= 11 is 0. The molecule has 3 aliphatic carbocycles. The molecule has 6 heterocycles. The molecule has 0 radical (unpaired) electrons. The first kappa shape index (κ1) is 55.3. The Morgan fingerprint density at radius 2 is 1.85 bits per heavy atom. The van der Waals surface area contributed by atoms with Crippen molar-refractivity contribution in [2.75, 3.05) is 58.7 Å². The Morgan fingerprint density at radius 1 is 0.975 bits per heavy atom. The van der Waals surface area contributed by atoms with E-state index in [0.717, 1.165) is 94.7 Å². The fraction of sp³-hybridized carbons (Fsp3) is 0.547. The van der Waals surface area contributed by atoms with Gasteiger partial charge in [0.05, 0.1) is 37.5 Å². The number of carbonyl (C=O) groups excluding carboxylic acids is 1. The summed E-state index contributed by atoms with van der Waals surface area (Å²) in [5.74, 6) is 16.6. The number of phenolic OH excluding ortho intramolecular Hbond substituents is 2. The van der Waals surface area contributed by atoms with E-state index in [1.54, 1.807) is 20.3 Å².